The summed E-state index contributed by atoms with van der Waals surface area (Å²) in [4.78, 5) is 29.8. The summed E-state index contributed by atoms with van der Waals surface area (Å²) in [6.07, 6.45) is 0.948. The van der Waals surface area contributed by atoms with Crippen LogP contribution in [0.4, 0.5) is 0 Å². The molecule has 0 radical (unpaired) electrons. The van der Waals surface area contributed by atoms with Gasteiger partial charge in [0.05, 0.1) is 4.88 Å². The van der Waals surface area contributed by atoms with Crippen molar-refractivity contribution in [3.05, 3.63) is 57.8 Å². The lowest BCUT2D eigenvalue weighted by atomic mass is 10.1. The van der Waals surface area contributed by atoms with Gasteiger partial charge in [-0.3, -0.25) is 14.5 Å². The molecule has 0 saturated carbocycles. The molecular formula is C21H27N3O2S. The zero-order valence-corrected chi connectivity index (χ0v) is 16.8. The zero-order valence-electron chi connectivity index (χ0n) is 16.0. The molecule has 1 unspecified atom stereocenters. The molecule has 2 amide bonds. The molecule has 1 fully saturated rings. The molecule has 1 aromatic heterocycles. The summed E-state index contributed by atoms with van der Waals surface area (Å²) in [5.41, 5.74) is 2.57. The number of aryl methyl sites for hydroxylation is 1. The van der Waals surface area contributed by atoms with E-state index in [1.165, 1.54) is 22.5 Å². The van der Waals surface area contributed by atoms with Crippen LogP contribution in [0.25, 0.3) is 0 Å². The second-order valence-electron chi connectivity index (χ2n) is 7.11. The van der Waals surface area contributed by atoms with Gasteiger partial charge in [0.2, 0.25) is 5.91 Å². The first-order chi connectivity index (χ1) is 13.0. The Hall–Kier alpha value is -2.18. The molecule has 1 aliphatic heterocycles. The quantitative estimate of drug-likeness (QED) is 0.861. The third-order valence-corrected chi connectivity index (χ3v) is 5.76. The average molecular weight is 386 g/mol. The van der Waals surface area contributed by atoms with Gasteiger partial charge in [-0.25, -0.2) is 0 Å². The lowest BCUT2D eigenvalue weighted by molar-refractivity contribution is -0.132. The number of nitrogens with one attached hydrogen (secondary N) is 1. The molecule has 1 aromatic carbocycles. The maximum atomic E-state index is 12.8. The zero-order chi connectivity index (χ0) is 19.2. The van der Waals surface area contributed by atoms with Crippen molar-refractivity contribution in [2.75, 3.05) is 26.2 Å². The first-order valence-corrected chi connectivity index (χ1v) is 10.3. The van der Waals surface area contributed by atoms with Gasteiger partial charge in [-0.15, -0.1) is 11.3 Å². The lowest BCUT2D eigenvalue weighted by Gasteiger charge is -2.25. The van der Waals surface area contributed by atoms with Crippen LogP contribution in [-0.2, 0) is 11.3 Å². The Bertz CT molecular complexity index is 758. The summed E-state index contributed by atoms with van der Waals surface area (Å²) in [5.74, 6) is -0.182. The van der Waals surface area contributed by atoms with Crippen molar-refractivity contribution in [3.8, 4) is 0 Å². The Morgan fingerprint density at radius 3 is 2.59 bits per heavy atom. The van der Waals surface area contributed by atoms with Gasteiger partial charge in [0.15, 0.2) is 0 Å². The van der Waals surface area contributed by atoms with Crippen LogP contribution in [0.5, 0.6) is 0 Å². The van der Waals surface area contributed by atoms with Crippen LogP contribution in [0, 0.1) is 6.92 Å². The van der Waals surface area contributed by atoms with Gasteiger partial charge in [0.1, 0.15) is 6.04 Å². The van der Waals surface area contributed by atoms with Gasteiger partial charge in [-0.1, -0.05) is 35.9 Å². The Labute approximate surface area is 165 Å². The molecular weight excluding hydrogens is 358 g/mol. The maximum absolute atomic E-state index is 12.8. The lowest BCUT2D eigenvalue weighted by Crippen LogP contribution is -2.47. The number of nitrogens with zero attached hydrogens (tertiary/aromatic N) is 2. The largest absolute Gasteiger partial charge is 0.340 e. The van der Waals surface area contributed by atoms with E-state index < -0.39 is 6.04 Å². The molecule has 1 aliphatic rings. The predicted octanol–water partition coefficient (Wildman–Crippen LogP) is 2.91. The van der Waals surface area contributed by atoms with Crippen LogP contribution in [0.15, 0.2) is 41.8 Å². The summed E-state index contributed by atoms with van der Waals surface area (Å²) in [6, 6.07) is 11.7. The summed E-state index contributed by atoms with van der Waals surface area (Å²) in [5, 5.41) is 4.68. The van der Waals surface area contributed by atoms with Crippen molar-refractivity contribution in [3.63, 3.8) is 0 Å². The monoisotopic (exact) mass is 385 g/mol. The second kappa shape index (κ2) is 9.15. The highest BCUT2D eigenvalue weighted by Crippen LogP contribution is 2.12. The van der Waals surface area contributed by atoms with Crippen molar-refractivity contribution in [2.45, 2.75) is 32.9 Å². The van der Waals surface area contributed by atoms with Crippen molar-refractivity contribution in [1.29, 1.82) is 0 Å². The third kappa shape index (κ3) is 5.40. The molecule has 1 saturated heterocycles. The number of benzene rings is 1. The topological polar surface area (TPSA) is 52.6 Å². The van der Waals surface area contributed by atoms with Crippen molar-refractivity contribution in [2.24, 2.45) is 0 Å². The minimum Gasteiger partial charge on any atom is -0.340 e. The van der Waals surface area contributed by atoms with Crippen LogP contribution in [0.1, 0.15) is 34.1 Å². The fraction of sp³-hybridized carbons (Fsp3) is 0.429. The van der Waals surface area contributed by atoms with E-state index in [0.29, 0.717) is 11.4 Å². The highest BCUT2D eigenvalue weighted by molar-refractivity contribution is 7.12. The first-order valence-electron chi connectivity index (χ1n) is 9.44. The highest BCUT2D eigenvalue weighted by Gasteiger charge is 2.25. The Morgan fingerprint density at radius 1 is 1.11 bits per heavy atom. The number of hydrogen-bond donors (Lipinski definition) is 1. The number of amides is 2. The fourth-order valence-electron chi connectivity index (χ4n) is 3.31. The molecule has 6 heteroatoms. The maximum Gasteiger partial charge on any atom is 0.261 e. The van der Waals surface area contributed by atoms with Gasteiger partial charge in [0, 0.05) is 32.7 Å². The molecule has 0 bridgehead atoms. The Morgan fingerprint density at radius 2 is 1.89 bits per heavy atom. The van der Waals surface area contributed by atoms with Crippen molar-refractivity contribution in [1.82, 2.24) is 15.1 Å². The van der Waals surface area contributed by atoms with E-state index >= 15 is 0 Å². The van der Waals surface area contributed by atoms with Gasteiger partial charge < -0.3 is 10.2 Å². The average Bonchev–Trinajstić information content (AvgIpc) is 3.10. The molecule has 2 heterocycles. The van der Waals surface area contributed by atoms with E-state index in [-0.39, 0.29) is 11.8 Å². The molecule has 3 rings (SSSR count). The fourth-order valence-corrected chi connectivity index (χ4v) is 3.94. The van der Waals surface area contributed by atoms with Gasteiger partial charge >= 0.3 is 0 Å². The number of hydrogen-bond acceptors (Lipinski definition) is 4. The van der Waals surface area contributed by atoms with Crippen LogP contribution in [0.2, 0.25) is 0 Å². The van der Waals surface area contributed by atoms with E-state index in [4.69, 9.17) is 0 Å². The second-order valence-corrected chi connectivity index (χ2v) is 8.06. The standard InChI is InChI=1S/C21H27N3O2S/c1-16-6-8-18(9-7-16)15-23-10-4-11-24(13-12-23)21(26)17(2)22-20(25)19-5-3-14-27-19/h3,5-9,14,17H,4,10-13,15H2,1-2H3,(H,22,25). The molecule has 144 valence electrons. The minimum absolute atomic E-state index is 0.00269. The van der Waals surface area contributed by atoms with E-state index in [1.807, 2.05) is 16.3 Å². The van der Waals surface area contributed by atoms with Crippen LogP contribution in [-0.4, -0.2) is 53.8 Å². The Balaban J connectivity index is 1.51. The van der Waals surface area contributed by atoms with E-state index in [2.05, 4.69) is 41.4 Å². The number of rotatable bonds is 5. The SMILES string of the molecule is Cc1ccc(CN2CCCN(C(=O)C(C)NC(=O)c3cccs3)CC2)cc1. The minimum atomic E-state index is -0.511. The van der Waals surface area contributed by atoms with E-state index in [9.17, 15) is 9.59 Å². The molecule has 1 N–H and O–H groups in total. The summed E-state index contributed by atoms with van der Waals surface area (Å²) in [6.45, 7) is 8.04. The van der Waals surface area contributed by atoms with Crippen LogP contribution in [0.3, 0.4) is 0 Å². The van der Waals surface area contributed by atoms with Crippen LogP contribution < -0.4 is 5.32 Å². The molecule has 5 nitrogen and oxygen atoms in total. The first kappa shape index (κ1) is 19.6. The van der Waals surface area contributed by atoms with Gasteiger partial charge in [0.25, 0.3) is 5.91 Å². The molecule has 2 aromatic rings. The Kier molecular flexibility index (Phi) is 6.63. The van der Waals surface area contributed by atoms with Crippen LogP contribution >= 0.6 is 11.3 Å². The van der Waals surface area contributed by atoms with Gasteiger partial charge in [-0.05, 0) is 37.3 Å². The molecule has 0 aliphatic carbocycles. The summed E-state index contributed by atoms with van der Waals surface area (Å²) >= 11 is 1.38. The molecule has 0 spiro atoms. The highest BCUT2D eigenvalue weighted by atomic mass is 32.1. The number of thiophene rings is 1. The summed E-state index contributed by atoms with van der Waals surface area (Å²) in [7, 11) is 0. The predicted molar refractivity (Wildman–Crippen MR) is 109 cm³/mol. The normalized spacial score (nSPS) is 16.6. The molecule has 27 heavy (non-hydrogen) atoms. The number of carbonyl (C=O) groups is 2. The third-order valence-electron chi connectivity index (χ3n) is 4.89. The van der Waals surface area contributed by atoms with Gasteiger partial charge in [-0.2, -0.15) is 0 Å². The number of carbonyl (C=O) groups excluding carboxylic acids is 2. The molecule has 1 atom stereocenters. The van der Waals surface area contributed by atoms with E-state index in [1.54, 1.807) is 13.0 Å². The van der Waals surface area contributed by atoms with Crippen molar-refractivity contribution >= 4 is 23.2 Å². The van der Waals surface area contributed by atoms with E-state index in [0.717, 1.165) is 32.6 Å². The summed E-state index contributed by atoms with van der Waals surface area (Å²) < 4.78 is 0. The smallest absolute Gasteiger partial charge is 0.261 e. The van der Waals surface area contributed by atoms with Crippen molar-refractivity contribution < 1.29 is 9.59 Å².